The van der Waals surface area contributed by atoms with E-state index >= 15 is 0 Å². The predicted octanol–water partition coefficient (Wildman–Crippen LogP) is 4.20. The van der Waals surface area contributed by atoms with Gasteiger partial charge in [-0.2, -0.15) is 18.3 Å². The van der Waals surface area contributed by atoms with Crippen LogP contribution in [0.4, 0.5) is 18.9 Å². The molecule has 0 atom stereocenters. The van der Waals surface area contributed by atoms with E-state index in [1.165, 1.54) is 11.8 Å². The summed E-state index contributed by atoms with van der Waals surface area (Å²) in [6, 6.07) is 11.5. The summed E-state index contributed by atoms with van der Waals surface area (Å²) in [5.41, 5.74) is 0.898. The van der Waals surface area contributed by atoms with Crippen molar-refractivity contribution >= 4 is 23.1 Å². The molecule has 4 rings (SSSR count). The average Bonchev–Trinajstić information content (AvgIpc) is 3.12. The molecule has 3 heterocycles. The zero-order chi connectivity index (χ0) is 19.6. The van der Waals surface area contributed by atoms with Crippen LogP contribution in [0.5, 0.6) is 0 Å². The van der Waals surface area contributed by atoms with Crippen molar-refractivity contribution in [2.75, 3.05) is 18.4 Å². The Bertz CT molecular complexity index is 936. The highest BCUT2D eigenvalue weighted by Crippen LogP contribution is 2.34. The summed E-state index contributed by atoms with van der Waals surface area (Å²) in [5, 5.41) is 11.7. The molecule has 5 nitrogen and oxygen atoms in total. The SMILES string of the molecule is FC(F)(F)c1cnc2c(NCc3ccccc3)cc(SC3CCNCC3)nn12. The second-order valence-corrected chi connectivity index (χ2v) is 8.00. The largest absolute Gasteiger partial charge is 0.435 e. The molecule has 0 unspecified atom stereocenters. The molecule has 2 aromatic heterocycles. The van der Waals surface area contributed by atoms with E-state index < -0.39 is 11.9 Å². The van der Waals surface area contributed by atoms with Gasteiger partial charge in [-0.1, -0.05) is 30.3 Å². The molecule has 0 spiro atoms. The number of benzene rings is 1. The van der Waals surface area contributed by atoms with Crippen molar-refractivity contribution in [2.24, 2.45) is 0 Å². The van der Waals surface area contributed by atoms with Crippen LogP contribution in [-0.2, 0) is 12.7 Å². The first-order valence-corrected chi connectivity index (χ1v) is 10.00. The molecule has 1 fully saturated rings. The van der Waals surface area contributed by atoms with Gasteiger partial charge in [-0.25, -0.2) is 9.50 Å². The molecule has 0 radical (unpaired) electrons. The average molecular weight is 407 g/mol. The Morgan fingerprint density at radius 3 is 2.64 bits per heavy atom. The van der Waals surface area contributed by atoms with Crippen molar-refractivity contribution in [3.63, 3.8) is 0 Å². The minimum absolute atomic E-state index is 0.179. The van der Waals surface area contributed by atoms with Crippen LogP contribution in [0.2, 0.25) is 0 Å². The zero-order valence-electron chi connectivity index (χ0n) is 15.0. The van der Waals surface area contributed by atoms with Crippen LogP contribution >= 0.6 is 11.8 Å². The number of halogens is 3. The van der Waals surface area contributed by atoms with Crippen molar-refractivity contribution < 1.29 is 13.2 Å². The Morgan fingerprint density at radius 1 is 1.18 bits per heavy atom. The lowest BCUT2D eigenvalue weighted by Gasteiger charge is -2.22. The molecule has 148 valence electrons. The van der Waals surface area contributed by atoms with Crippen LogP contribution in [0.1, 0.15) is 24.1 Å². The number of thioether (sulfide) groups is 1. The van der Waals surface area contributed by atoms with E-state index in [0.717, 1.165) is 42.2 Å². The summed E-state index contributed by atoms with van der Waals surface area (Å²) in [7, 11) is 0. The molecule has 3 aromatic rings. The fourth-order valence-corrected chi connectivity index (χ4v) is 4.33. The van der Waals surface area contributed by atoms with Crippen molar-refractivity contribution in [3.05, 3.63) is 53.9 Å². The van der Waals surface area contributed by atoms with E-state index in [2.05, 4.69) is 20.7 Å². The van der Waals surface area contributed by atoms with Crippen LogP contribution in [0.25, 0.3) is 5.65 Å². The van der Waals surface area contributed by atoms with Crippen LogP contribution in [0.3, 0.4) is 0 Å². The molecule has 0 amide bonds. The van der Waals surface area contributed by atoms with Gasteiger partial charge in [0.15, 0.2) is 11.3 Å². The van der Waals surface area contributed by atoms with Gasteiger partial charge >= 0.3 is 6.18 Å². The van der Waals surface area contributed by atoms with Crippen molar-refractivity contribution in [1.29, 1.82) is 0 Å². The van der Waals surface area contributed by atoms with Crippen LogP contribution in [-0.4, -0.2) is 32.9 Å². The third-order valence-electron chi connectivity index (χ3n) is 4.64. The molecule has 0 saturated carbocycles. The molecule has 1 aliphatic rings. The normalized spacial score (nSPS) is 15.8. The molecule has 1 aliphatic heterocycles. The maximum atomic E-state index is 13.4. The first-order chi connectivity index (χ1) is 13.5. The lowest BCUT2D eigenvalue weighted by Crippen LogP contribution is -2.29. The Kier molecular flexibility index (Phi) is 5.45. The number of hydrogen-bond acceptors (Lipinski definition) is 5. The Labute approximate surface area is 164 Å². The molecular weight excluding hydrogens is 387 g/mol. The second-order valence-electron chi connectivity index (χ2n) is 6.68. The van der Waals surface area contributed by atoms with Gasteiger partial charge < -0.3 is 10.6 Å². The van der Waals surface area contributed by atoms with Gasteiger partial charge in [0.25, 0.3) is 0 Å². The maximum Gasteiger partial charge on any atom is 0.435 e. The van der Waals surface area contributed by atoms with Crippen LogP contribution in [0, 0.1) is 0 Å². The highest BCUT2D eigenvalue weighted by atomic mass is 32.2. The minimum Gasteiger partial charge on any atom is -0.378 e. The number of rotatable bonds is 5. The molecule has 1 saturated heterocycles. The smallest absolute Gasteiger partial charge is 0.378 e. The number of anilines is 1. The summed E-state index contributed by atoms with van der Waals surface area (Å²) >= 11 is 1.53. The number of alkyl halides is 3. The predicted molar refractivity (Wildman–Crippen MR) is 104 cm³/mol. The zero-order valence-corrected chi connectivity index (χ0v) is 15.9. The fraction of sp³-hybridized carbons (Fsp3) is 0.368. The number of aromatic nitrogens is 3. The van der Waals surface area contributed by atoms with Gasteiger partial charge in [0, 0.05) is 11.8 Å². The summed E-state index contributed by atoms with van der Waals surface area (Å²) in [4.78, 5) is 3.98. The lowest BCUT2D eigenvalue weighted by atomic mass is 10.2. The first kappa shape index (κ1) is 19.1. The molecule has 0 aliphatic carbocycles. The van der Waals surface area contributed by atoms with E-state index in [1.807, 2.05) is 30.3 Å². The van der Waals surface area contributed by atoms with Gasteiger partial charge in [0.1, 0.15) is 5.03 Å². The first-order valence-electron chi connectivity index (χ1n) is 9.12. The third-order valence-corrected chi connectivity index (χ3v) is 5.88. The summed E-state index contributed by atoms with van der Waals surface area (Å²) in [5.74, 6) is 0. The van der Waals surface area contributed by atoms with E-state index in [-0.39, 0.29) is 5.65 Å². The van der Waals surface area contributed by atoms with Gasteiger partial charge in [-0.05, 0) is 37.6 Å². The number of nitrogens with one attached hydrogen (secondary N) is 2. The van der Waals surface area contributed by atoms with Gasteiger partial charge in [-0.3, -0.25) is 0 Å². The number of hydrogen-bond donors (Lipinski definition) is 2. The van der Waals surface area contributed by atoms with Gasteiger partial charge in [0.2, 0.25) is 0 Å². The Balaban J connectivity index is 1.68. The number of imidazole rings is 1. The van der Waals surface area contributed by atoms with Crippen molar-refractivity contribution in [1.82, 2.24) is 19.9 Å². The Hall–Kier alpha value is -2.26. The monoisotopic (exact) mass is 407 g/mol. The van der Waals surface area contributed by atoms with Crippen LogP contribution < -0.4 is 10.6 Å². The molecule has 9 heteroatoms. The molecular formula is C19H20F3N5S. The van der Waals surface area contributed by atoms with E-state index in [9.17, 15) is 13.2 Å². The fourth-order valence-electron chi connectivity index (χ4n) is 3.20. The maximum absolute atomic E-state index is 13.4. The standard InChI is InChI=1S/C19H20F3N5S/c20-19(21,22)16-12-25-18-15(24-11-13-4-2-1-3-5-13)10-17(26-27(16)18)28-14-6-8-23-9-7-14/h1-5,10,12,14,23-24H,6-9,11H2. The lowest BCUT2D eigenvalue weighted by molar-refractivity contribution is -0.142. The summed E-state index contributed by atoms with van der Waals surface area (Å²) < 4.78 is 41.1. The van der Waals surface area contributed by atoms with Crippen molar-refractivity contribution in [2.45, 2.75) is 35.8 Å². The summed E-state index contributed by atoms with van der Waals surface area (Å²) in [6.45, 7) is 2.32. The van der Waals surface area contributed by atoms with E-state index in [0.29, 0.717) is 22.5 Å². The van der Waals surface area contributed by atoms with E-state index in [1.54, 1.807) is 6.07 Å². The summed E-state index contributed by atoms with van der Waals surface area (Å²) in [6.07, 6.45) is -1.74. The molecule has 2 N–H and O–H groups in total. The van der Waals surface area contributed by atoms with E-state index in [4.69, 9.17) is 0 Å². The molecule has 28 heavy (non-hydrogen) atoms. The molecule has 0 bridgehead atoms. The van der Waals surface area contributed by atoms with Gasteiger partial charge in [-0.15, -0.1) is 11.8 Å². The molecule has 1 aromatic carbocycles. The van der Waals surface area contributed by atoms with Crippen LogP contribution in [0.15, 0.2) is 47.6 Å². The van der Waals surface area contributed by atoms with Gasteiger partial charge in [0.05, 0.1) is 11.9 Å². The number of piperidine rings is 1. The quantitative estimate of drug-likeness (QED) is 0.664. The topological polar surface area (TPSA) is 54.2 Å². The third kappa shape index (κ3) is 4.25. The second kappa shape index (κ2) is 8.00. The highest BCUT2D eigenvalue weighted by Gasteiger charge is 2.36. The van der Waals surface area contributed by atoms with Crippen molar-refractivity contribution in [3.8, 4) is 0 Å². The number of nitrogens with zero attached hydrogens (tertiary/aromatic N) is 3. The Morgan fingerprint density at radius 2 is 1.93 bits per heavy atom. The highest BCUT2D eigenvalue weighted by molar-refractivity contribution is 7.99. The number of fused-ring (bicyclic) bond motifs is 1. The minimum atomic E-state index is -4.51.